The van der Waals surface area contributed by atoms with Crippen LogP contribution in [-0.2, 0) is 11.2 Å². The van der Waals surface area contributed by atoms with Gasteiger partial charge >= 0.3 is 5.76 Å². The van der Waals surface area contributed by atoms with Gasteiger partial charge < -0.3 is 14.8 Å². The van der Waals surface area contributed by atoms with Crippen LogP contribution < -0.4 is 11.1 Å². The summed E-state index contributed by atoms with van der Waals surface area (Å²) in [6.07, 6.45) is 0.830. The molecule has 0 fully saturated rings. The summed E-state index contributed by atoms with van der Waals surface area (Å²) in [5.74, 6) is -0.390. The van der Waals surface area contributed by atoms with Crippen LogP contribution in [0.5, 0.6) is 0 Å². The molecule has 1 amide bonds. The zero-order chi connectivity index (χ0) is 10.6. The van der Waals surface area contributed by atoms with Crippen molar-refractivity contribution in [3.8, 4) is 0 Å². The number of carbonyl (C=O) groups is 1. The van der Waals surface area contributed by atoms with Crippen molar-refractivity contribution in [1.29, 1.82) is 0 Å². The second-order valence-electron chi connectivity index (χ2n) is 2.94. The normalized spacial score (nSPS) is 12.4. The number of H-pyrrole nitrogens is 1. The van der Waals surface area contributed by atoms with E-state index in [9.17, 15) is 14.7 Å². The van der Waals surface area contributed by atoms with Gasteiger partial charge in [0.1, 0.15) is 5.76 Å². The third-order valence-electron chi connectivity index (χ3n) is 1.60. The third kappa shape index (κ3) is 3.44. The van der Waals surface area contributed by atoms with Gasteiger partial charge in [0.15, 0.2) is 0 Å². The van der Waals surface area contributed by atoms with E-state index in [2.05, 4.69) is 14.7 Å². The highest BCUT2D eigenvalue weighted by atomic mass is 16.4. The van der Waals surface area contributed by atoms with E-state index < -0.39 is 11.9 Å². The van der Waals surface area contributed by atoms with Crippen LogP contribution >= 0.6 is 0 Å². The fourth-order valence-corrected chi connectivity index (χ4v) is 0.984. The summed E-state index contributed by atoms with van der Waals surface area (Å²) in [5, 5.41) is 11.8. The molecule has 0 saturated carbocycles. The van der Waals surface area contributed by atoms with E-state index in [1.165, 1.54) is 13.1 Å². The summed E-state index contributed by atoms with van der Waals surface area (Å²) in [6.45, 7) is 1.51. The van der Waals surface area contributed by atoms with Gasteiger partial charge in [0.2, 0.25) is 5.91 Å². The first-order valence-electron chi connectivity index (χ1n) is 4.18. The summed E-state index contributed by atoms with van der Waals surface area (Å²) < 4.78 is 4.68. The minimum atomic E-state index is -0.752. The zero-order valence-corrected chi connectivity index (χ0v) is 7.74. The Hall–Kier alpha value is -1.56. The standard InChI is InChI=1S/C8H12N2O4/c1-5(11)9-3-6(12)2-7-4-10-8(13)14-7/h4,6,12H,2-3H2,1H3,(H,9,11)(H,10,13). The summed E-state index contributed by atoms with van der Waals surface area (Å²) in [5.41, 5.74) is 0. The minimum Gasteiger partial charge on any atom is -0.413 e. The van der Waals surface area contributed by atoms with Crippen LogP contribution in [0.1, 0.15) is 12.7 Å². The number of aliphatic hydroxyl groups is 1. The van der Waals surface area contributed by atoms with E-state index in [1.54, 1.807) is 0 Å². The van der Waals surface area contributed by atoms with Crippen molar-refractivity contribution < 1.29 is 14.3 Å². The molecule has 6 nitrogen and oxygen atoms in total. The van der Waals surface area contributed by atoms with Gasteiger partial charge in [-0.1, -0.05) is 0 Å². The third-order valence-corrected chi connectivity index (χ3v) is 1.60. The first-order chi connectivity index (χ1) is 6.58. The van der Waals surface area contributed by atoms with Crippen molar-refractivity contribution in [3.63, 3.8) is 0 Å². The van der Waals surface area contributed by atoms with Gasteiger partial charge in [0, 0.05) is 26.1 Å². The zero-order valence-electron chi connectivity index (χ0n) is 7.74. The summed E-state index contributed by atoms with van der Waals surface area (Å²) in [6, 6.07) is 0. The molecule has 14 heavy (non-hydrogen) atoms. The molecule has 1 rings (SSSR count). The average Bonchev–Trinajstić information content (AvgIpc) is 2.48. The number of oxazole rings is 1. The Labute approximate surface area is 79.9 Å². The maximum atomic E-state index is 10.6. The number of aromatic amines is 1. The lowest BCUT2D eigenvalue weighted by atomic mass is 10.2. The number of aromatic nitrogens is 1. The molecule has 0 spiro atoms. The van der Waals surface area contributed by atoms with Gasteiger partial charge in [-0.3, -0.25) is 9.78 Å². The fraction of sp³-hybridized carbons (Fsp3) is 0.500. The van der Waals surface area contributed by atoms with E-state index in [0.717, 1.165) is 0 Å². The number of nitrogens with one attached hydrogen (secondary N) is 2. The number of rotatable bonds is 4. The highest BCUT2D eigenvalue weighted by Crippen LogP contribution is 1.98. The monoisotopic (exact) mass is 200 g/mol. The summed E-state index contributed by atoms with van der Waals surface area (Å²) in [4.78, 5) is 23.4. The van der Waals surface area contributed by atoms with Crippen LogP contribution in [0, 0.1) is 0 Å². The predicted octanol–water partition coefficient (Wildman–Crippen LogP) is -0.993. The van der Waals surface area contributed by atoms with Gasteiger partial charge in [0.25, 0.3) is 0 Å². The highest BCUT2D eigenvalue weighted by Gasteiger charge is 2.08. The number of hydrogen-bond acceptors (Lipinski definition) is 4. The Morgan fingerprint density at radius 2 is 2.50 bits per heavy atom. The van der Waals surface area contributed by atoms with E-state index in [4.69, 9.17) is 0 Å². The van der Waals surface area contributed by atoms with Gasteiger partial charge in [-0.25, -0.2) is 4.79 Å². The molecule has 1 unspecified atom stereocenters. The predicted molar refractivity (Wildman–Crippen MR) is 47.7 cm³/mol. The molecule has 0 radical (unpaired) electrons. The molecule has 0 aliphatic rings. The highest BCUT2D eigenvalue weighted by molar-refractivity contribution is 5.72. The molecule has 1 atom stereocenters. The van der Waals surface area contributed by atoms with Crippen LogP contribution in [0.3, 0.4) is 0 Å². The van der Waals surface area contributed by atoms with Crippen molar-refractivity contribution >= 4 is 5.91 Å². The number of carbonyl (C=O) groups excluding carboxylic acids is 1. The van der Waals surface area contributed by atoms with E-state index >= 15 is 0 Å². The van der Waals surface area contributed by atoms with Crippen molar-refractivity contribution in [3.05, 3.63) is 22.5 Å². The molecular weight excluding hydrogens is 188 g/mol. The van der Waals surface area contributed by atoms with Crippen LogP contribution in [-0.4, -0.2) is 28.6 Å². The lowest BCUT2D eigenvalue weighted by Gasteiger charge is -2.08. The topological polar surface area (TPSA) is 95.3 Å². The van der Waals surface area contributed by atoms with Crippen molar-refractivity contribution in [2.45, 2.75) is 19.4 Å². The van der Waals surface area contributed by atoms with Gasteiger partial charge in [-0.2, -0.15) is 0 Å². The van der Waals surface area contributed by atoms with Gasteiger partial charge in [-0.15, -0.1) is 0 Å². The maximum absolute atomic E-state index is 10.6. The fourth-order valence-electron chi connectivity index (χ4n) is 0.984. The summed E-state index contributed by atoms with van der Waals surface area (Å²) >= 11 is 0. The molecule has 1 heterocycles. The maximum Gasteiger partial charge on any atom is 0.416 e. The van der Waals surface area contributed by atoms with Crippen LogP contribution in [0.15, 0.2) is 15.4 Å². The molecule has 3 N–H and O–H groups in total. The molecule has 0 aromatic carbocycles. The SMILES string of the molecule is CC(=O)NCC(O)Cc1c[nH]c(=O)o1. The lowest BCUT2D eigenvalue weighted by molar-refractivity contribution is -0.119. The molecule has 0 bridgehead atoms. The largest absolute Gasteiger partial charge is 0.416 e. The Balaban J connectivity index is 2.37. The number of aliphatic hydroxyl groups excluding tert-OH is 1. The van der Waals surface area contributed by atoms with E-state index in [0.29, 0.717) is 5.76 Å². The number of amides is 1. The molecule has 6 heteroatoms. The number of hydrogen-bond donors (Lipinski definition) is 3. The molecule has 1 aromatic heterocycles. The lowest BCUT2D eigenvalue weighted by Crippen LogP contribution is -2.31. The van der Waals surface area contributed by atoms with E-state index in [-0.39, 0.29) is 18.9 Å². The average molecular weight is 200 g/mol. The molecule has 0 aliphatic carbocycles. The van der Waals surface area contributed by atoms with Gasteiger partial charge in [-0.05, 0) is 0 Å². The molecule has 1 aromatic rings. The van der Waals surface area contributed by atoms with E-state index in [1.807, 2.05) is 0 Å². The van der Waals surface area contributed by atoms with Crippen LogP contribution in [0.2, 0.25) is 0 Å². The second-order valence-corrected chi connectivity index (χ2v) is 2.94. The van der Waals surface area contributed by atoms with Crippen molar-refractivity contribution in [1.82, 2.24) is 10.3 Å². The first kappa shape index (κ1) is 10.5. The van der Waals surface area contributed by atoms with Gasteiger partial charge in [0.05, 0.1) is 6.10 Å². The Bertz CT molecular complexity index is 354. The Morgan fingerprint density at radius 3 is 3.00 bits per heavy atom. The Morgan fingerprint density at radius 1 is 1.79 bits per heavy atom. The molecule has 78 valence electrons. The molecule has 0 aliphatic heterocycles. The first-order valence-corrected chi connectivity index (χ1v) is 4.18. The minimum absolute atomic E-state index is 0.143. The second kappa shape index (κ2) is 4.61. The summed E-state index contributed by atoms with van der Waals surface area (Å²) in [7, 11) is 0. The van der Waals surface area contributed by atoms with Crippen molar-refractivity contribution in [2.24, 2.45) is 0 Å². The quantitative estimate of drug-likeness (QED) is 0.581. The smallest absolute Gasteiger partial charge is 0.413 e. The van der Waals surface area contributed by atoms with Crippen LogP contribution in [0.4, 0.5) is 0 Å². The molecule has 0 saturated heterocycles. The van der Waals surface area contributed by atoms with Crippen LogP contribution in [0.25, 0.3) is 0 Å². The Kier molecular flexibility index (Phi) is 3.47. The molecular formula is C8H12N2O4. The van der Waals surface area contributed by atoms with Crippen molar-refractivity contribution in [2.75, 3.05) is 6.54 Å².